The Bertz CT molecular complexity index is 507. The van der Waals surface area contributed by atoms with Crippen molar-refractivity contribution in [1.29, 1.82) is 0 Å². The van der Waals surface area contributed by atoms with Gasteiger partial charge < -0.3 is 20.7 Å². The maximum atomic E-state index is 11.7. The van der Waals surface area contributed by atoms with E-state index in [0.717, 1.165) is 0 Å². The number of anilines is 1. The molecule has 0 aliphatic carbocycles. The lowest BCUT2D eigenvalue weighted by Gasteiger charge is -2.24. The first-order valence-corrected chi connectivity index (χ1v) is 6.63. The minimum Gasteiger partial charge on any atom is -0.394 e. The summed E-state index contributed by atoms with van der Waals surface area (Å²) in [7, 11) is 0. The highest BCUT2D eigenvalue weighted by molar-refractivity contribution is 9.25. The van der Waals surface area contributed by atoms with Crippen molar-refractivity contribution in [2.45, 2.75) is 21.7 Å². The molecular weight excluding hydrogens is 374 g/mol. The van der Waals surface area contributed by atoms with E-state index in [2.05, 4.69) is 36.8 Å². The summed E-state index contributed by atoms with van der Waals surface area (Å²) in [4.78, 5) is 15.3. The Morgan fingerprint density at radius 1 is 1.61 bits per heavy atom. The van der Waals surface area contributed by atoms with Crippen LogP contribution in [0.2, 0.25) is 0 Å². The van der Waals surface area contributed by atoms with E-state index in [1.54, 1.807) is 0 Å². The zero-order valence-electron chi connectivity index (χ0n) is 9.03. The molecule has 1 fully saturated rings. The molecule has 0 spiro atoms. The summed E-state index contributed by atoms with van der Waals surface area (Å²) in [5, 5.41) is 19.1. The number of ether oxygens (including phenoxy) is 1. The number of alkyl halides is 2. The van der Waals surface area contributed by atoms with Gasteiger partial charge in [0.25, 0.3) is 0 Å². The van der Waals surface area contributed by atoms with Crippen molar-refractivity contribution in [3.8, 4) is 0 Å². The maximum absolute atomic E-state index is 11.7. The molecule has 3 atom stereocenters. The van der Waals surface area contributed by atoms with E-state index in [1.165, 1.54) is 16.8 Å². The number of hydrogen-bond acceptors (Lipinski definition) is 6. The molecule has 0 unspecified atom stereocenters. The van der Waals surface area contributed by atoms with Gasteiger partial charge in [-0.2, -0.15) is 4.98 Å². The van der Waals surface area contributed by atoms with Crippen LogP contribution in [-0.2, 0) is 4.74 Å². The summed E-state index contributed by atoms with van der Waals surface area (Å²) in [6.45, 7) is -0.367. The number of aliphatic hydroxyl groups is 2. The smallest absolute Gasteiger partial charge is 0.351 e. The summed E-state index contributed by atoms with van der Waals surface area (Å²) in [6, 6.07) is 1.44. The van der Waals surface area contributed by atoms with Gasteiger partial charge in [0.2, 0.25) is 0 Å². The van der Waals surface area contributed by atoms with Crippen LogP contribution in [0.15, 0.2) is 17.1 Å². The Hall–Kier alpha value is -0.480. The van der Waals surface area contributed by atoms with Crippen molar-refractivity contribution < 1.29 is 14.9 Å². The van der Waals surface area contributed by atoms with Gasteiger partial charge in [0.05, 0.1) is 6.61 Å². The molecule has 1 aromatic heterocycles. The Labute approximate surface area is 119 Å². The number of halogens is 2. The van der Waals surface area contributed by atoms with Crippen molar-refractivity contribution in [3.63, 3.8) is 0 Å². The third kappa shape index (κ3) is 2.21. The minimum absolute atomic E-state index is 0.100. The van der Waals surface area contributed by atoms with Crippen LogP contribution in [-0.4, -0.2) is 41.8 Å². The second-order valence-electron chi connectivity index (χ2n) is 3.87. The van der Waals surface area contributed by atoms with Crippen LogP contribution in [0.3, 0.4) is 0 Å². The fourth-order valence-corrected chi connectivity index (χ4v) is 2.97. The predicted octanol–water partition coefficient (Wildman–Crippen LogP) is -0.438. The summed E-state index contributed by atoms with van der Waals surface area (Å²) in [5.74, 6) is 0.100. The van der Waals surface area contributed by atoms with Gasteiger partial charge in [-0.15, -0.1) is 0 Å². The molecule has 1 aliphatic rings. The normalized spacial score (nSPS) is 30.6. The first kappa shape index (κ1) is 13.9. The molecule has 0 amide bonds. The molecule has 0 bridgehead atoms. The first-order valence-electron chi connectivity index (χ1n) is 5.04. The van der Waals surface area contributed by atoms with Crippen LogP contribution in [0.25, 0.3) is 0 Å². The van der Waals surface area contributed by atoms with E-state index < -0.39 is 27.4 Å². The van der Waals surface area contributed by atoms with E-state index in [0.29, 0.717) is 0 Å². The molecule has 18 heavy (non-hydrogen) atoms. The molecule has 100 valence electrons. The number of rotatable bonds is 2. The predicted molar refractivity (Wildman–Crippen MR) is 70.5 cm³/mol. The third-order valence-corrected chi connectivity index (χ3v) is 4.39. The lowest BCUT2D eigenvalue weighted by atomic mass is 10.2. The van der Waals surface area contributed by atoms with Crippen molar-refractivity contribution in [1.82, 2.24) is 9.55 Å². The average Bonchev–Trinajstić information content (AvgIpc) is 2.52. The van der Waals surface area contributed by atoms with Gasteiger partial charge in [0, 0.05) is 6.20 Å². The van der Waals surface area contributed by atoms with E-state index in [-0.39, 0.29) is 12.4 Å². The third-order valence-electron chi connectivity index (χ3n) is 2.66. The molecule has 9 heteroatoms. The van der Waals surface area contributed by atoms with Crippen LogP contribution < -0.4 is 11.4 Å². The van der Waals surface area contributed by atoms with Gasteiger partial charge >= 0.3 is 5.69 Å². The van der Waals surface area contributed by atoms with Gasteiger partial charge in [-0.05, 0) is 6.07 Å². The zero-order valence-corrected chi connectivity index (χ0v) is 12.2. The SMILES string of the molecule is Nc1ccn([C@@H]2O[C@H](CO)[C@H](O)C2(Br)Br)c(=O)n1. The highest BCUT2D eigenvalue weighted by Gasteiger charge is 2.54. The highest BCUT2D eigenvalue weighted by atomic mass is 79.9. The largest absolute Gasteiger partial charge is 0.394 e. The van der Waals surface area contributed by atoms with E-state index >= 15 is 0 Å². The molecule has 2 heterocycles. The zero-order chi connectivity index (χ0) is 13.5. The molecule has 7 nitrogen and oxygen atoms in total. The number of nitrogen functional groups attached to an aromatic ring is 1. The highest BCUT2D eigenvalue weighted by Crippen LogP contribution is 2.48. The van der Waals surface area contributed by atoms with Gasteiger partial charge in [0.15, 0.2) is 9.46 Å². The monoisotopic (exact) mass is 383 g/mol. The summed E-state index contributed by atoms with van der Waals surface area (Å²) in [6.07, 6.45) is -1.28. The fourth-order valence-electron chi connectivity index (χ4n) is 1.72. The molecule has 1 aliphatic heterocycles. The maximum Gasteiger partial charge on any atom is 0.351 e. The van der Waals surface area contributed by atoms with Crippen LogP contribution in [0.1, 0.15) is 6.23 Å². The van der Waals surface area contributed by atoms with Gasteiger partial charge in [-0.3, -0.25) is 4.57 Å². The average molecular weight is 385 g/mol. The van der Waals surface area contributed by atoms with E-state index in [1.807, 2.05) is 0 Å². The fraction of sp³-hybridized carbons (Fsp3) is 0.556. The number of aliphatic hydroxyl groups excluding tert-OH is 2. The van der Waals surface area contributed by atoms with E-state index in [9.17, 15) is 9.90 Å². The second kappa shape index (κ2) is 4.89. The Balaban J connectivity index is 2.42. The van der Waals surface area contributed by atoms with Crippen LogP contribution in [0, 0.1) is 0 Å². The molecule has 1 aromatic rings. The summed E-state index contributed by atoms with van der Waals surface area (Å²) < 4.78 is 5.52. The lowest BCUT2D eigenvalue weighted by Crippen LogP contribution is -2.39. The van der Waals surface area contributed by atoms with Crippen LogP contribution in [0.4, 0.5) is 5.82 Å². The molecular formula is C9H11Br2N3O4. The van der Waals surface area contributed by atoms with Crippen LogP contribution >= 0.6 is 31.9 Å². The van der Waals surface area contributed by atoms with Crippen molar-refractivity contribution in [2.75, 3.05) is 12.3 Å². The van der Waals surface area contributed by atoms with Gasteiger partial charge in [-0.25, -0.2) is 4.79 Å². The number of nitrogens with two attached hydrogens (primary N) is 1. The van der Waals surface area contributed by atoms with Gasteiger partial charge in [0.1, 0.15) is 18.0 Å². The van der Waals surface area contributed by atoms with Crippen LogP contribution in [0.5, 0.6) is 0 Å². The quantitative estimate of drug-likeness (QED) is 0.596. The second-order valence-corrected chi connectivity index (χ2v) is 7.56. The Morgan fingerprint density at radius 2 is 2.28 bits per heavy atom. The molecule has 1 saturated heterocycles. The minimum atomic E-state index is -1.09. The molecule has 2 rings (SSSR count). The molecule has 0 saturated carbocycles. The molecule has 0 radical (unpaired) electrons. The first-order chi connectivity index (χ1) is 8.37. The topological polar surface area (TPSA) is 111 Å². The van der Waals surface area contributed by atoms with Gasteiger partial charge in [-0.1, -0.05) is 31.9 Å². The standard InChI is InChI=1S/C9H11Br2N3O4/c10-9(11)6(16)4(3-15)18-7(9)14-2-1-5(12)13-8(14)17/h1-2,4,6-7,15-16H,3H2,(H2,12,13,17)/t4-,6+,7-/m1/s1. The molecule has 4 N–H and O–H groups in total. The van der Waals surface area contributed by atoms with Crippen molar-refractivity contribution in [3.05, 3.63) is 22.7 Å². The summed E-state index contributed by atoms with van der Waals surface area (Å²) >= 11 is 6.51. The number of aromatic nitrogens is 2. The summed E-state index contributed by atoms with van der Waals surface area (Å²) in [5.41, 5.74) is 4.79. The Morgan fingerprint density at radius 3 is 2.78 bits per heavy atom. The number of nitrogens with zero attached hydrogens (tertiary/aromatic N) is 2. The Kier molecular flexibility index (Phi) is 3.79. The van der Waals surface area contributed by atoms with Crippen molar-refractivity contribution >= 4 is 37.7 Å². The lowest BCUT2D eigenvalue weighted by molar-refractivity contribution is -0.0458. The van der Waals surface area contributed by atoms with Crippen molar-refractivity contribution in [2.24, 2.45) is 0 Å². The van der Waals surface area contributed by atoms with E-state index in [4.69, 9.17) is 15.6 Å². The molecule has 0 aromatic carbocycles. The number of hydrogen-bond donors (Lipinski definition) is 3.